The van der Waals surface area contributed by atoms with Crippen molar-refractivity contribution in [2.75, 3.05) is 19.6 Å². The van der Waals surface area contributed by atoms with Crippen LogP contribution in [0.1, 0.15) is 18.9 Å². The minimum absolute atomic E-state index is 0.152. The van der Waals surface area contributed by atoms with E-state index in [4.69, 9.17) is 4.84 Å². The summed E-state index contributed by atoms with van der Waals surface area (Å²) in [6.07, 6.45) is 2.05. The van der Waals surface area contributed by atoms with Crippen LogP contribution in [0, 0.1) is 5.82 Å². The molecule has 1 heterocycles. The number of rotatable bonds is 6. The van der Waals surface area contributed by atoms with Crippen LogP contribution in [0.25, 0.3) is 0 Å². The smallest absolute Gasteiger partial charge is 0.317 e. The molecule has 1 N–H and O–H groups in total. The second-order valence-electron chi connectivity index (χ2n) is 5.01. The highest BCUT2D eigenvalue weighted by atomic mass is 19.1. The highest BCUT2D eigenvalue weighted by Gasteiger charge is 2.26. The quantitative estimate of drug-likeness (QED) is 0.821. The molecule has 0 bridgehead atoms. The highest BCUT2D eigenvalue weighted by Crippen LogP contribution is 2.18. The van der Waals surface area contributed by atoms with Crippen molar-refractivity contribution in [1.29, 1.82) is 0 Å². The number of halogens is 1. The van der Waals surface area contributed by atoms with Gasteiger partial charge in [-0.25, -0.2) is 9.18 Å². The van der Waals surface area contributed by atoms with E-state index in [0.29, 0.717) is 26.1 Å². The third-order valence-electron chi connectivity index (χ3n) is 3.30. The van der Waals surface area contributed by atoms with Gasteiger partial charge in [0.15, 0.2) is 6.10 Å². The van der Waals surface area contributed by atoms with Gasteiger partial charge in [-0.05, 0) is 24.6 Å². The van der Waals surface area contributed by atoms with Crippen molar-refractivity contribution in [3.8, 4) is 0 Å². The molecule has 0 radical (unpaired) electrons. The molecule has 1 aliphatic rings. The zero-order chi connectivity index (χ0) is 15.9. The molecule has 0 aliphatic carbocycles. The molecule has 0 saturated heterocycles. The molecule has 5 nitrogen and oxygen atoms in total. The monoisotopic (exact) mass is 305 g/mol. The van der Waals surface area contributed by atoms with Gasteiger partial charge in [0.1, 0.15) is 5.82 Å². The van der Waals surface area contributed by atoms with Gasteiger partial charge in [0.2, 0.25) is 0 Å². The van der Waals surface area contributed by atoms with Crippen molar-refractivity contribution >= 4 is 11.7 Å². The molecular weight excluding hydrogens is 285 g/mol. The molecule has 2 rings (SSSR count). The average molecular weight is 305 g/mol. The minimum atomic E-state index is -0.284. The highest BCUT2D eigenvalue weighted by molar-refractivity contribution is 6.01. The number of nitrogens with one attached hydrogen (secondary N) is 1. The molecular formula is C16H20FN3O2. The zero-order valence-electron chi connectivity index (χ0n) is 12.6. The summed E-state index contributed by atoms with van der Waals surface area (Å²) in [7, 11) is 0. The Morgan fingerprint density at radius 1 is 1.55 bits per heavy atom. The fourth-order valence-corrected chi connectivity index (χ4v) is 2.24. The molecule has 0 fully saturated rings. The number of urea groups is 1. The van der Waals surface area contributed by atoms with Crippen LogP contribution in [0.2, 0.25) is 0 Å². The van der Waals surface area contributed by atoms with Crippen LogP contribution < -0.4 is 5.32 Å². The van der Waals surface area contributed by atoms with E-state index in [-0.39, 0.29) is 18.0 Å². The van der Waals surface area contributed by atoms with E-state index in [9.17, 15) is 9.18 Å². The van der Waals surface area contributed by atoms with Crippen molar-refractivity contribution in [3.63, 3.8) is 0 Å². The number of carbonyl (C=O) groups excluding carboxylic acids is 1. The number of hydrogen-bond acceptors (Lipinski definition) is 3. The number of benzene rings is 1. The molecule has 0 saturated carbocycles. The van der Waals surface area contributed by atoms with E-state index in [2.05, 4.69) is 17.1 Å². The predicted octanol–water partition coefficient (Wildman–Crippen LogP) is 2.54. The van der Waals surface area contributed by atoms with Gasteiger partial charge in [-0.1, -0.05) is 23.4 Å². The third-order valence-corrected chi connectivity index (χ3v) is 3.30. The van der Waals surface area contributed by atoms with Crippen molar-refractivity contribution in [3.05, 3.63) is 48.3 Å². The lowest BCUT2D eigenvalue weighted by molar-refractivity contribution is 0.0630. The molecule has 1 atom stereocenters. The molecule has 1 aliphatic heterocycles. The molecule has 1 aromatic carbocycles. The van der Waals surface area contributed by atoms with Crippen LogP contribution in [0.3, 0.4) is 0 Å². The van der Waals surface area contributed by atoms with Gasteiger partial charge in [-0.15, -0.1) is 6.58 Å². The number of amides is 2. The van der Waals surface area contributed by atoms with Crippen LogP contribution in [-0.4, -0.2) is 42.4 Å². The Balaban J connectivity index is 1.94. The Morgan fingerprint density at radius 2 is 2.27 bits per heavy atom. The molecule has 0 aromatic heterocycles. The van der Waals surface area contributed by atoms with E-state index in [1.165, 1.54) is 12.1 Å². The van der Waals surface area contributed by atoms with E-state index in [0.717, 1.165) is 11.3 Å². The van der Waals surface area contributed by atoms with Gasteiger partial charge >= 0.3 is 6.03 Å². The molecule has 1 aromatic rings. The lowest BCUT2D eigenvalue weighted by Crippen LogP contribution is -2.43. The largest absolute Gasteiger partial charge is 0.390 e. The van der Waals surface area contributed by atoms with Crippen molar-refractivity contribution in [1.82, 2.24) is 10.2 Å². The maximum absolute atomic E-state index is 12.9. The van der Waals surface area contributed by atoms with Crippen LogP contribution in [0.4, 0.5) is 9.18 Å². The topological polar surface area (TPSA) is 53.9 Å². The van der Waals surface area contributed by atoms with Crippen LogP contribution in [-0.2, 0) is 4.84 Å². The van der Waals surface area contributed by atoms with Gasteiger partial charge in [0, 0.05) is 19.5 Å². The summed E-state index contributed by atoms with van der Waals surface area (Å²) in [5, 5.41) is 6.80. The van der Waals surface area contributed by atoms with E-state index >= 15 is 0 Å². The number of nitrogens with zero attached hydrogens (tertiary/aromatic N) is 2. The Morgan fingerprint density at radius 3 is 2.91 bits per heavy atom. The molecule has 118 valence electrons. The van der Waals surface area contributed by atoms with Gasteiger partial charge < -0.3 is 15.1 Å². The summed E-state index contributed by atoms with van der Waals surface area (Å²) >= 11 is 0. The lowest BCUT2D eigenvalue weighted by atomic mass is 10.0. The summed E-state index contributed by atoms with van der Waals surface area (Å²) in [6.45, 7) is 6.96. The number of carbonyl (C=O) groups is 1. The Bertz CT molecular complexity index is 557. The third kappa shape index (κ3) is 4.07. The fraction of sp³-hybridized carbons (Fsp3) is 0.375. The van der Waals surface area contributed by atoms with Gasteiger partial charge in [-0.2, -0.15) is 0 Å². The van der Waals surface area contributed by atoms with Gasteiger partial charge in [0.05, 0.1) is 12.3 Å². The Labute approximate surface area is 129 Å². The molecule has 0 unspecified atom stereocenters. The molecule has 2 amide bonds. The number of oxime groups is 1. The molecule has 22 heavy (non-hydrogen) atoms. The first-order valence-corrected chi connectivity index (χ1v) is 7.26. The lowest BCUT2D eigenvalue weighted by Gasteiger charge is -2.23. The summed E-state index contributed by atoms with van der Waals surface area (Å²) in [5.74, 6) is -0.284. The summed E-state index contributed by atoms with van der Waals surface area (Å²) < 4.78 is 12.9. The van der Waals surface area contributed by atoms with Crippen LogP contribution in [0.5, 0.6) is 0 Å². The van der Waals surface area contributed by atoms with Crippen LogP contribution >= 0.6 is 0 Å². The van der Waals surface area contributed by atoms with Gasteiger partial charge in [0.25, 0.3) is 0 Å². The SMILES string of the molecule is C=CCN(C[C@@H]1CC(c2ccc(F)cc2)=NO1)C(=O)NCC. The summed E-state index contributed by atoms with van der Waals surface area (Å²) in [5.41, 5.74) is 1.59. The zero-order valence-corrected chi connectivity index (χ0v) is 12.6. The van der Waals surface area contributed by atoms with Crippen LogP contribution in [0.15, 0.2) is 42.1 Å². The first-order chi connectivity index (χ1) is 10.6. The first-order valence-electron chi connectivity index (χ1n) is 7.26. The minimum Gasteiger partial charge on any atom is -0.390 e. The summed E-state index contributed by atoms with van der Waals surface area (Å²) in [6, 6.07) is 5.98. The predicted molar refractivity (Wildman–Crippen MR) is 83.3 cm³/mol. The number of hydrogen-bond donors (Lipinski definition) is 1. The maximum Gasteiger partial charge on any atom is 0.317 e. The molecule has 0 spiro atoms. The maximum atomic E-state index is 12.9. The standard InChI is InChI=1S/C16H20FN3O2/c1-3-9-20(16(21)18-4-2)11-14-10-15(19-22-14)12-5-7-13(17)8-6-12/h3,5-8,14H,1,4,9-11H2,2H3,(H,18,21)/t14-/m0/s1. The average Bonchev–Trinajstić information content (AvgIpc) is 2.96. The second kappa shape index (κ2) is 7.59. The molecule has 6 heteroatoms. The Kier molecular flexibility index (Phi) is 5.52. The second-order valence-corrected chi connectivity index (χ2v) is 5.01. The first kappa shape index (κ1) is 16.0. The summed E-state index contributed by atoms with van der Waals surface area (Å²) in [4.78, 5) is 19.0. The van der Waals surface area contributed by atoms with E-state index < -0.39 is 0 Å². The van der Waals surface area contributed by atoms with E-state index in [1.54, 1.807) is 23.1 Å². The normalized spacial score (nSPS) is 16.6. The van der Waals surface area contributed by atoms with Crippen molar-refractivity contribution < 1.29 is 14.0 Å². The Hall–Kier alpha value is -2.37. The van der Waals surface area contributed by atoms with Gasteiger partial charge in [-0.3, -0.25) is 0 Å². The van der Waals surface area contributed by atoms with Crippen molar-refractivity contribution in [2.45, 2.75) is 19.4 Å². The fourth-order valence-electron chi connectivity index (χ4n) is 2.24. The van der Waals surface area contributed by atoms with Crippen molar-refractivity contribution in [2.24, 2.45) is 5.16 Å². The van der Waals surface area contributed by atoms with E-state index in [1.807, 2.05) is 6.92 Å².